The average Bonchev–Trinajstić information content (AvgIpc) is 0.729. The number of benzene rings is 4. The number of hydrogen-bond acceptors (Lipinski definition) is 12. The van der Waals surface area contributed by atoms with Gasteiger partial charge in [0, 0.05) is 67.9 Å². The lowest BCUT2D eigenvalue weighted by Crippen LogP contribution is -1.99. The Kier molecular flexibility index (Phi) is 45.5. The van der Waals surface area contributed by atoms with Crippen molar-refractivity contribution in [2.75, 3.05) is 0 Å². The molecule has 0 unspecified atom stereocenters. The third-order valence-corrected chi connectivity index (χ3v) is 23.7. The van der Waals surface area contributed by atoms with Crippen LogP contribution in [0, 0.1) is 0 Å². The molecule has 0 N–H and O–H groups in total. The molecule has 0 atom stereocenters. The molecule has 0 heterocycles. The van der Waals surface area contributed by atoms with Crippen molar-refractivity contribution in [2.45, 2.75) is 379 Å². The van der Waals surface area contributed by atoms with Crippen molar-refractivity contribution in [3.8, 4) is 0 Å². The highest BCUT2D eigenvalue weighted by atomic mass is 32.2. The van der Waals surface area contributed by atoms with Crippen LogP contribution in [0.1, 0.15) is 350 Å². The van der Waals surface area contributed by atoms with E-state index in [9.17, 15) is 28.8 Å². The molecule has 4 aromatic rings. The highest BCUT2D eigenvalue weighted by Gasteiger charge is 2.24. The lowest BCUT2D eigenvalue weighted by molar-refractivity contribution is -0.111. The molecule has 4 aromatic carbocycles. The summed E-state index contributed by atoms with van der Waals surface area (Å²) in [6.45, 7) is 13.4. The zero-order chi connectivity index (χ0) is 64.8. The zero-order valence-electron chi connectivity index (χ0n) is 57.3. The summed E-state index contributed by atoms with van der Waals surface area (Å²) in [5.41, 5.74) is 0. The predicted octanol–water partition coefficient (Wildman–Crippen LogP) is 27.7. The topological polar surface area (TPSA) is 102 Å². The molecular formula is C78H120O6S6. The molecule has 0 saturated carbocycles. The molecule has 12 heteroatoms. The van der Waals surface area contributed by atoms with Gasteiger partial charge < -0.3 is 0 Å². The molecule has 0 fully saturated rings. The number of carbonyl (C=O) groups is 6. The first kappa shape index (κ1) is 80.2. The van der Waals surface area contributed by atoms with Gasteiger partial charge >= 0.3 is 0 Å². The van der Waals surface area contributed by atoms with Crippen LogP contribution in [0.3, 0.4) is 0 Å². The maximum absolute atomic E-state index is 14.3. The summed E-state index contributed by atoms with van der Waals surface area (Å²) in [7, 11) is 0. The third-order valence-electron chi connectivity index (χ3n) is 17.4. The first-order valence-electron chi connectivity index (χ1n) is 36.8. The molecule has 0 aliphatic rings. The van der Waals surface area contributed by atoms with Gasteiger partial charge in [0.25, 0.3) is 0 Å². The van der Waals surface area contributed by atoms with Gasteiger partial charge in [0.2, 0.25) is 0 Å². The molecule has 504 valence electrons. The first-order chi connectivity index (χ1) is 44.0. The molecule has 0 aliphatic carbocycles. The molecule has 0 saturated heterocycles. The van der Waals surface area contributed by atoms with E-state index in [1.54, 1.807) is 0 Å². The van der Waals surface area contributed by atoms with Crippen molar-refractivity contribution in [3.63, 3.8) is 0 Å². The molecule has 6 nitrogen and oxygen atoms in total. The van der Waals surface area contributed by atoms with Gasteiger partial charge in [0.15, 0.2) is 30.7 Å². The predicted molar refractivity (Wildman–Crippen MR) is 400 cm³/mol. The van der Waals surface area contributed by atoms with Gasteiger partial charge in [0.05, 0.1) is 0 Å². The third kappa shape index (κ3) is 33.4. The number of fused-ring (bicyclic) bond motifs is 6. The number of unbranched alkanes of at least 4 members (excludes halogenated alkanes) is 36. The Bertz CT molecular complexity index is 2220. The second-order valence-corrected chi connectivity index (χ2v) is 32.2. The van der Waals surface area contributed by atoms with Crippen LogP contribution in [0.2, 0.25) is 0 Å². The summed E-state index contributed by atoms with van der Waals surface area (Å²) in [6, 6.07) is 12.7. The van der Waals surface area contributed by atoms with E-state index in [4.69, 9.17) is 0 Å². The van der Waals surface area contributed by atoms with Crippen molar-refractivity contribution in [1.82, 2.24) is 0 Å². The van der Waals surface area contributed by atoms with E-state index in [1.165, 1.54) is 225 Å². The SMILES string of the molecule is CCCCCCCCCC(=O)Sc1cc2c3cc(SC(=O)CCCCCCCCC)c(SC(=O)CCCCCCCCC)cc3c3cc(SC(=O)CCCCCCCCC)c(SC(=O)CCCCCCCCC)cc3c2cc1SC(=O)CCCCCCCCC. The molecular weight excluding hydrogens is 1230 g/mol. The summed E-state index contributed by atoms with van der Waals surface area (Å²) < 4.78 is 0. The zero-order valence-corrected chi connectivity index (χ0v) is 62.2. The van der Waals surface area contributed by atoms with Crippen LogP contribution < -0.4 is 0 Å². The van der Waals surface area contributed by atoms with Crippen molar-refractivity contribution >= 4 is 134 Å². The second-order valence-electron chi connectivity index (χ2n) is 25.6. The largest absolute Gasteiger partial charge is 0.287 e. The van der Waals surface area contributed by atoms with Gasteiger partial charge in [0.1, 0.15) is 0 Å². The summed E-state index contributed by atoms with van der Waals surface area (Å²) >= 11 is 7.49. The van der Waals surface area contributed by atoms with E-state index < -0.39 is 0 Å². The molecule has 0 bridgehead atoms. The number of hydrogen-bond donors (Lipinski definition) is 0. The van der Waals surface area contributed by atoms with Crippen LogP contribution in [0.25, 0.3) is 32.3 Å². The van der Waals surface area contributed by atoms with E-state index in [0.29, 0.717) is 38.5 Å². The molecule has 0 spiro atoms. The van der Waals surface area contributed by atoms with Gasteiger partial charge in [-0.1, -0.05) is 343 Å². The van der Waals surface area contributed by atoms with Gasteiger partial charge in [-0.25, -0.2) is 0 Å². The Morgan fingerprint density at radius 2 is 0.300 bits per heavy atom. The fourth-order valence-electron chi connectivity index (χ4n) is 11.9. The Morgan fingerprint density at radius 1 is 0.189 bits per heavy atom. The molecule has 90 heavy (non-hydrogen) atoms. The number of rotatable bonds is 54. The van der Waals surface area contributed by atoms with Crippen LogP contribution in [0.4, 0.5) is 0 Å². The van der Waals surface area contributed by atoms with Crippen molar-refractivity contribution < 1.29 is 28.8 Å². The fourth-order valence-corrected chi connectivity index (χ4v) is 17.6. The smallest absolute Gasteiger partial charge is 0.193 e. The average molecular weight is 1350 g/mol. The summed E-state index contributed by atoms with van der Waals surface area (Å²) in [5, 5.41) is 5.84. The van der Waals surface area contributed by atoms with E-state index in [1.807, 2.05) is 0 Å². The second kappa shape index (κ2) is 51.1. The standard InChI is InChI=1S/C78H120O6S6/c1-7-13-19-25-31-37-43-49-73(79)85-67-55-61-62(56-68(67)86-74(80)50-44-38-32-26-20-14-8-2)64-58-70(88-76(82)52-46-40-34-28-22-16-10-4)72(90-78(84)54-48-42-36-30-24-18-12-6)60-66(64)65-59-71(89-77(83)53-47-41-35-29-23-17-11-5)69(57-63(61)65)87-75(81)51-45-39-33-27-21-15-9-3/h55-60H,7-54H2,1-6H3. The summed E-state index contributed by atoms with van der Waals surface area (Å²) in [5.74, 6) is 0. The van der Waals surface area contributed by atoms with Gasteiger partial charge in [-0.15, -0.1) is 0 Å². The van der Waals surface area contributed by atoms with E-state index in [-0.39, 0.29) is 30.7 Å². The van der Waals surface area contributed by atoms with Gasteiger partial charge in [-0.2, -0.15) is 0 Å². The van der Waals surface area contributed by atoms with E-state index >= 15 is 0 Å². The normalized spacial score (nSPS) is 11.7. The lowest BCUT2D eigenvalue weighted by atomic mass is 9.94. The van der Waals surface area contributed by atoms with Crippen LogP contribution in [-0.2, 0) is 28.8 Å². The highest BCUT2D eigenvalue weighted by molar-refractivity contribution is 8.17. The summed E-state index contributed by atoms with van der Waals surface area (Å²) in [4.78, 5) is 90.1. The molecule has 0 radical (unpaired) electrons. The fraction of sp³-hybridized carbons (Fsp3) is 0.692. The minimum atomic E-state index is 0.0840. The minimum absolute atomic E-state index is 0.0840. The maximum atomic E-state index is 14.3. The van der Waals surface area contributed by atoms with Crippen LogP contribution in [0.5, 0.6) is 0 Å². The molecule has 0 aromatic heterocycles. The van der Waals surface area contributed by atoms with Crippen LogP contribution in [-0.4, -0.2) is 30.7 Å². The Balaban J connectivity index is 1.98. The Hall–Kier alpha value is -2.22. The van der Waals surface area contributed by atoms with Gasteiger partial charge in [-0.3, -0.25) is 28.8 Å². The Labute approximate surface area is 573 Å². The van der Waals surface area contributed by atoms with Crippen molar-refractivity contribution in [3.05, 3.63) is 36.4 Å². The van der Waals surface area contributed by atoms with Crippen LogP contribution >= 0.6 is 70.6 Å². The van der Waals surface area contributed by atoms with Gasteiger partial charge in [-0.05, 0) is 107 Å². The van der Waals surface area contributed by atoms with Crippen LogP contribution in [0.15, 0.2) is 65.8 Å². The molecule has 4 rings (SSSR count). The number of carbonyl (C=O) groups excluding carboxylic acids is 6. The lowest BCUT2D eigenvalue weighted by Gasteiger charge is -2.19. The number of thioether (sulfide) groups is 6. The van der Waals surface area contributed by atoms with E-state index in [0.717, 1.165) is 177 Å². The Morgan fingerprint density at radius 3 is 0.422 bits per heavy atom. The highest BCUT2D eigenvalue weighted by Crippen LogP contribution is 2.48. The maximum Gasteiger partial charge on any atom is 0.193 e. The van der Waals surface area contributed by atoms with E-state index in [2.05, 4.69) is 77.9 Å². The van der Waals surface area contributed by atoms with Crippen molar-refractivity contribution in [2.24, 2.45) is 0 Å². The quantitative estimate of drug-likeness (QED) is 0.0239. The first-order valence-corrected chi connectivity index (χ1v) is 41.7. The molecule has 0 aliphatic heterocycles. The summed E-state index contributed by atoms with van der Waals surface area (Å²) in [6.07, 6.45) is 49.5. The van der Waals surface area contributed by atoms with Crippen molar-refractivity contribution in [1.29, 1.82) is 0 Å². The monoisotopic (exact) mass is 1340 g/mol. The molecule has 0 amide bonds. The minimum Gasteiger partial charge on any atom is -0.287 e.